The fraction of sp³-hybridized carbons (Fsp3) is 0.615. The second-order valence-corrected chi connectivity index (χ2v) is 4.16. The van der Waals surface area contributed by atoms with E-state index in [-0.39, 0.29) is 0 Å². The molecule has 2 N–H and O–H groups in total. The number of rotatable bonds is 6. The molecular weight excluding hydrogens is 214 g/mol. The molecule has 1 aromatic rings. The summed E-state index contributed by atoms with van der Waals surface area (Å²) in [6.45, 7) is 9.20. The van der Waals surface area contributed by atoms with Crippen LogP contribution in [0.4, 0.5) is 5.82 Å². The van der Waals surface area contributed by atoms with E-state index in [4.69, 9.17) is 10.5 Å². The first kappa shape index (κ1) is 13.9. The molecule has 0 aliphatic carbocycles. The van der Waals surface area contributed by atoms with Gasteiger partial charge in [0.2, 0.25) is 0 Å². The molecule has 0 aliphatic rings. The van der Waals surface area contributed by atoms with E-state index in [1.54, 1.807) is 7.11 Å². The summed E-state index contributed by atoms with van der Waals surface area (Å²) in [6, 6.07) is 2.08. The molecule has 4 nitrogen and oxygen atoms in total. The first-order valence-corrected chi connectivity index (χ1v) is 6.05. The number of aryl methyl sites for hydroxylation is 2. The van der Waals surface area contributed by atoms with Crippen molar-refractivity contribution in [2.24, 2.45) is 5.73 Å². The number of likely N-dealkylation sites (N-methyl/N-ethyl adjacent to an activating group) is 1. The lowest BCUT2D eigenvalue weighted by molar-refractivity contribution is 0.205. The van der Waals surface area contributed by atoms with E-state index in [0.717, 1.165) is 30.2 Å². The average Bonchev–Trinajstić information content (AvgIpc) is 2.29. The summed E-state index contributed by atoms with van der Waals surface area (Å²) >= 11 is 0. The van der Waals surface area contributed by atoms with Crippen LogP contribution in [0.1, 0.15) is 23.7 Å². The zero-order valence-corrected chi connectivity index (χ0v) is 11.3. The second-order valence-electron chi connectivity index (χ2n) is 4.16. The maximum absolute atomic E-state index is 5.82. The number of hydrogen-bond acceptors (Lipinski definition) is 4. The Morgan fingerprint density at radius 1 is 1.41 bits per heavy atom. The SMILES string of the molecule is CCN(CCOC)c1nc(C)cc(C)c1CN. The lowest BCUT2D eigenvalue weighted by Crippen LogP contribution is -2.29. The van der Waals surface area contributed by atoms with Gasteiger partial charge in [-0.15, -0.1) is 0 Å². The third-order valence-corrected chi connectivity index (χ3v) is 2.90. The number of nitrogens with zero attached hydrogens (tertiary/aromatic N) is 2. The largest absolute Gasteiger partial charge is 0.383 e. The molecule has 0 unspecified atom stereocenters. The van der Waals surface area contributed by atoms with Crippen molar-refractivity contribution in [3.63, 3.8) is 0 Å². The molecule has 0 atom stereocenters. The van der Waals surface area contributed by atoms with Crippen LogP contribution in [0.5, 0.6) is 0 Å². The van der Waals surface area contributed by atoms with Gasteiger partial charge in [0, 0.05) is 38.0 Å². The van der Waals surface area contributed by atoms with Gasteiger partial charge in [0.1, 0.15) is 5.82 Å². The summed E-state index contributed by atoms with van der Waals surface area (Å²) in [5.74, 6) is 1.00. The van der Waals surface area contributed by atoms with Gasteiger partial charge in [-0.3, -0.25) is 0 Å². The van der Waals surface area contributed by atoms with Crippen molar-refractivity contribution < 1.29 is 4.74 Å². The molecule has 0 spiro atoms. The van der Waals surface area contributed by atoms with E-state index in [2.05, 4.69) is 29.8 Å². The number of anilines is 1. The van der Waals surface area contributed by atoms with Gasteiger partial charge in [-0.2, -0.15) is 0 Å². The van der Waals surface area contributed by atoms with E-state index < -0.39 is 0 Å². The zero-order valence-electron chi connectivity index (χ0n) is 11.3. The molecule has 4 heteroatoms. The van der Waals surface area contributed by atoms with Crippen molar-refractivity contribution in [2.45, 2.75) is 27.3 Å². The van der Waals surface area contributed by atoms with Crippen LogP contribution in [0.15, 0.2) is 6.07 Å². The van der Waals surface area contributed by atoms with Crippen molar-refractivity contribution in [3.8, 4) is 0 Å². The monoisotopic (exact) mass is 237 g/mol. The standard InChI is InChI=1S/C13H23N3O/c1-5-16(6-7-17-4)13-12(9-14)10(2)8-11(3)15-13/h8H,5-7,9,14H2,1-4H3. The van der Waals surface area contributed by atoms with E-state index in [1.165, 1.54) is 5.56 Å². The first-order valence-electron chi connectivity index (χ1n) is 6.05. The van der Waals surface area contributed by atoms with E-state index >= 15 is 0 Å². The maximum Gasteiger partial charge on any atom is 0.133 e. The Hall–Kier alpha value is -1.13. The van der Waals surface area contributed by atoms with Crippen LogP contribution in [-0.2, 0) is 11.3 Å². The Labute approximate surface area is 104 Å². The van der Waals surface area contributed by atoms with Crippen LogP contribution in [0, 0.1) is 13.8 Å². The Kier molecular flexibility index (Phi) is 5.38. The Bertz CT molecular complexity index is 366. The first-order chi connectivity index (χ1) is 8.13. The van der Waals surface area contributed by atoms with Gasteiger partial charge < -0.3 is 15.4 Å². The molecule has 96 valence electrons. The summed E-state index contributed by atoms with van der Waals surface area (Å²) in [5, 5.41) is 0. The number of methoxy groups -OCH3 is 1. The highest BCUT2D eigenvalue weighted by molar-refractivity contribution is 5.51. The molecule has 0 amide bonds. The number of pyridine rings is 1. The zero-order chi connectivity index (χ0) is 12.8. The number of nitrogens with two attached hydrogens (primary N) is 1. The highest BCUT2D eigenvalue weighted by atomic mass is 16.5. The Morgan fingerprint density at radius 3 is 2.65 bits per heavy atom. The predicted octanol–water partition coefficient (Wildman–Crippen LogP) is 1.63. The molecule has 0 radical (unpaired) electrons. The molecule has 17 heavy (non-hydrogen) atoms. The van der Waals surface area contributed by atoms with Gasteiger partial charge in [0.15, 0.2) is 0 Å². The molecule has 0 aromatic carbocycles. The fourth-order valence-electron chi connectivity index (χ4n) is 1.97. The summed E-state index contributed by atoms with van der Waals surface area (Å²) in [5.41, 5.74) is 9.20. The van der Waals surface area contributed by atoms with Crippen LogP contribution >= 0.6 is 0 Å². The summed E-state index contributed by atoms with van der Waals surface area (Å²) in [6.07, 6.45) is 0. The predicted molar refractivity (Wildman–Crippen MR) is 71.4 cm³/mol. The van der Waals surface area contributed by atoms with Crippen molar-refractivity contribution in [1.82, 2.24) is 4.98 Å². The van der Waals surface area contributed by atoms with E-state index in [9.17, 15) is 0 Å². The van der Waals surface area contributed by atoms with Crippen LogP contribution in [0.3, 0.4) is 0 Å². The van der Waals surface area contributed by atoms with Crippen molar-refractivity contribution >= 4 is 5.82 Å². The molecule has 1 heterocycles. The Morgan fingerprint density at radius 2 is 2.12 bits per heavy atom. The molecule has 0 bridgehead atoms. The van der Waals surface area contributed by atoms with Gasteiger partial charge in [0.05, 0.1) is 6.61 Å². The molecule has 0 aliphatic heterocycles. The van der Waals surface area contributed by atoms with Gasteiger partial charge >= 0.3 is 0 Å². The summed E-state index contributed by atoms with van der Waals surface area (Å²) in [4.78, 5) is 6.83. The average molecular weight is 237 g/mol. The molecule has 0 fully saturated rings. The minimum absolute atomic E-state index is 0.526. The van der Waals surface area contributed by atoms with Crippen molar-refractivity contribution in [2.75, 3.05) is 31.7 Å². The van der Waals surface area contributed by atoms with E-state index in [0.29, 0.717) is 13.2 Å². The van der Waals surface area contributed by atoms with Crippen molar-refractivity contribution in [3.05, 3.63) is 22.9 Å². The van der Waals surface area contributed by atoms with Crippen LogP contribution in [0.2, 0.25) is 0 Å². The lowest BCUT2D eigenvalue weighted by Gasteiger charge is -2.25. The third-order valence-electron chi connectivity index (χ3n) is 2.90. The minimum atomic E-state index is 0.526. The number of ether oxygens (including phenoxy) is 1. The van der Waals surface area contributed by atoms with Gasteiger partial charge in [-0.1, -0.05) is 0 Å². The van der Waals surface area contributed by atoms with Gasteiger partial charge in [0.25, 0.3) is 0 Å². The normalized spacial score (nSPS) is 10.6. The highest BCUT2D eigenvalue weighted by Gasteiger charge is 2.13. The van der Waals surface area contributed by atoms with Crippen LogP contribution in [-0.4, -0.2) is 31.8 Å². The quantitative estimate of drug-likeness (QED) is 0.817. The van der Waals surface area contributed by atoms with Crippen LogP contribution in [0.25, 0.3) is 0 Å². The van der Waals surface area contributed by atoms with Gasteiger partial charge in [-0.05, 0) is 32.4 Å². The van der Waals surface area contributed by atoms with E-state index in [1.807, 2.05) is 6.92 Å². The highest BCUT2D eigenvalue weighted by Crippen LogP contribution is 2.21. The molecule has 1 rings (SSSR count). The molecular formula is C13H23N3O. The minimum Gasteiger partial charge on any atom is -0.383 e. The third kappa shape index (κ3) is 3.41. The summed E-state index contributed by atoms with van der Waals surface area (Å²) < 4.78 is 5.13. The second kappa shape index (κ2) is 6.57. The Balaban J connectivity index is 3.07. The van der Waals surface area contributed by atoms with Crippen LogP contribution < -0.4 is 10.6 Å². The molecule has 0 saturated carbocycles. The summed E-state index contributed by atoms with van der Waals surface area (Å²) in [7, 11) is 1.71. The number of aromatic nitrogens is 1. The van der Waals surface area contributed by atoms with Crippen molar-refractivity contribution in [1.29, 1.82) is 0 Å². The van der Waals surface area contributed by atoms with Gasteiger partial charge in [-0.25, -0.2) is 4.98 Å². The number of hydrogen-bond donors (Lipinski definition) is 1. The molecule has 1 aromatic heterocycles. The fourth-order valence-corrected chi connectivity index (χ4v) is 1.97. The topological polar surface area (TPSA) is 51.4 Å². The lowest BCUT2D eigenvalue weighted by atomic mass is 10.1. The maximum atomic E-state index is 5.82. The molecule has 0 saturated heterocycles. The smallest absolute Gasteiger partial charge is 0.133 e.